The predicted molar refractivity (Wildman–Crippen MR) is 88.1 cm³/mol. The van der Waals surface area contributed by atoms with E-state index in [4.69, 9.17) is 4.74 Å². The van der Waals surface area contributed by atoms with Gasteiger partial charge >= 0.3 is 6.18 Å². The smallest absolute Gasteiger partial charge is 0.376 e. The Morgan fingerprint density at radius 1 is 1.25 bits per heavy atom. The predicted octanol–water partition coefficient (Wildman–Crippen LogP) is 2.98. The van der Waals surface area contributed by atoms with E-state index < -0.39 is 11.7 Å². The van der Waals surface area contributed by atoms with E-state index in [1.165, 1.54) is 12.1 Å². The molecule has 1 saturated heterocycles. The lowest BCUT2D eigenvalue weighted by molar-refractivity contribution is -0.137. The lowest BCUT2D eigenvalue weighted by atomic mass is 10.1. The van der Waals surface area contributed by atoms with Gasteiger partial charge in [0.1, 0.15) is 0 Å². The van der Waals surface area contributed by atoms with Crippen molar-refractivity contribution in [3.05, 3.63) is 35.4 Å². The van der Waals surface area contributed by atoms with Crippen LogP contribution in [0.4, 0.5) is 13.2 Å². The molecule has 1 aliphatic rings. The Bertz CT molecular complexity index is 523. The van der Waals surface area contributed by atoms with Crippen LogP contribution in [-0.4, -0.2) is 38.3 Å². The van der Waals surface area contributed by atoms with Gasteiger partial charge in [-0.1, -0.05) is 12.1 Å². The summed E-state index contributed by atoms with van der Waals surface area (Å²) in [5.74, 6) is 0.708. The molecule has 1 aliphatic heterocycles. The molecule has 0 spiro atoms. The van der Waals surface area contributed by atoms with Gasteiger partial charge in [-0.05, 0) is 43.9 Å². The minimum absolute atomic E-state index is 0.190. The van der Waals surface area contributed by atoms with Gasteiger partial charge in [0.2, 0.25) is 0 Å². The van der Waals surface area contributed by atoms with Crippen LogP contribution < -0.4 is 10.6 Å². The maximum atomic E-state index is 12.5. The van der Waals surface area contributed by atoms with Gasteiger partial charge in [-0.3, -0.25) is 4.99 Å². The number of alkyl halides is 3. The molecule has 0 radical (unpaired) electrons. The molecule has 7 heteroatoms. The van der Waals surface area contributed by atoms with Crippen LogP contribution in [0.2, 0.25) is 0 Å². The van der Waals surface area contributed by atoms with Crippen molar-refractivity contribution in [2.24, 2.45) is 4.99 Å². The lowest BCUT2D eigenvalue weighted by Crippen LogP contribution is -2.38. The zero-order chi connectivity index (χ0) is 17.4. The van der Waals surface area contributed by atoms with E-state index in [0.29, 0.717) is 25.5 Å². The quantitative estimate of drug-likeness (QED) is 0.617. The summed E-state index contributed by atoms with van der Waals surface area (Å²) >= 11 is 0. The summed E-state index contributed by atoms with van der Waals surface area (Å²) in [6.07, 6.45) is -1.35. The molecular weight excluding hydrogens is 319 g/mol. The summed E-state index contributed by atoms with van der Waals surface area (Å²) in [4.78, 5) is 4.49. The second-order valence-electron chi connectivity index (χ2n) is 5.73. The Morgan fingerprint density at radius 3 is 2.58 bits per heavy atom. The van der Waals surface area contributed by atoms with Crippen molar-refractivity contribution < 1.29 is 17.9 Å². The molecule has 0 aliphatic carbocycles. The summed E-state index contributed by atoms with van der Waals surface area (Å²) in [6.45, 7) is 4.76. The van der Waals surface area contributed by atoms with Crippen LogP contribution in [0, 0.1) is 0 Å². The van der Waals surface area contributed by atoms with Crippen LogP contribution in [0.25, 0.3) is 0 Å². The van der Waals surface area contributed by atoms with Gasteiger partial charge in [0.05, 0.1) is 18.2 Å². The van der Waals surface area contributed by atoms with Crippen LogP contribution >= 0.6 is 0 Å². The zero-order valence-corrected chi connectivity index (χ0v) is 13.8. The van der Waals surface area contributed by atoms with Crippen molar-refractivity contribution in [2.75, 3.05) is 26.2 Å². The largest absolute Gasteiger partial charge is 0.416 e. The highest BCUT2D eigenvalue weighted by atomic mass is 19.4. The summed E-state index contributed by atoms with van der Waals surface area (Å²) in [5, 5.41) is 6.36. The van der Waals surface area contributed by atoms with Crippen molar-refractivity contribution in [3.8, 4) is 0 Å². The zero-order valence-electron chi connectivity index (χ0n) is 13.8. The molecule has 1 fully saturated rings. The van der Waals surface area contributed by atoms with E-state index >= 15 is 0 Å². The molecule has 1 heterocycles. The van der Waals surface area contributed by atoms with E-state index in [2.05, 4.69) is 15.6 Å². The molecule has 0 aromatic heterocycles. The van der Waals surface area contributed by atoms with Crippen molar-refractivity contribution in [1.82, 2.24) is 10.6 Å². The van der Waals surface area contributed by atoms with Gasteiger partial charge in [0.25, 0.3) is 0 Å². The molecule has 0 amide bonds. The topological polar surface area (TPSA) is 45.7 Å². The van der Waals surface area contributed by atoms with Crippen LogP contribution in [0.1, 0.15) is 30.9 Å². The molecule has 4 nitrogen and oxygen atoms in total. The first kappa shape index (κ1) is 18.6. The Hall–Kier alpha value is -1.76. The Balaban J connectivity index is 1.80. The number of benzene rings is 1. The molecule has 1 aromatic rings. The van der Waals surface area contributed by atoms with Gasteiger partial charge in [-0.2, -0.15) is 13.2 Å². The molecular formula is C17H24F3N3O. The summed E-state index contributed by atoms with van der Waals surface area (Å²) in [6, 6.07) is 5.26. The SMILES string of the molecule is CCNC(=NCC1CCCO1)NCCc1ccc(C(F)(F)F)cc1. The maximum Gasteiger partial charge on any atom is 0.416 e. The average molecular weight is 343 g/mol. The van der Waals surface area contributed by atoms with Crippen molar-refractivity contribution >= 4 is 5.96 Å². The van der Waals surface area contributed by atoms with E-state index in [9.17, 15) is 13.2 Å². The Kier molecular flexibility index (Phi) is 6.90. The van der Waals surface area contributed by atoms with E-state index in [1.54, 1.807) is 0 Å². The summed E-state index contributed by atoms with van der Waals surface area (Å²) < 4.78 is 43.1. The van der Waals surface area contributed by atoms with E-state index in [0.717, 1.165) is 43.7 Å². The van der Waals surface area contributed by atoms with Crippen LogP contribution in [0.15, 0.2) is 29.3 Å². The fraction of sp³-hybridized carbons (Fsp3) is 0.588. The van der Waals surface area contributed by atoms with Gasteiger partial charge in [-0.25, -0.2) is 0 Å². The molecule has 1 unspecified atom stereocenters. The number of halogens is 3. The fourth-order valence-corrected chi connectivity index (χ4v) is 2.51. The highest BCUT2D eigenvalue weighted by Gasteiger charge is 2.29. The first-order chi connectivity index (χ1) is 11.5. The highest BCUT2D eigenvalue weighted by Crippen LogP contribution is 2.29. The van der Waals surface area contributed by atoms with Crippen molar-refractivity contribution in [1.29, 1.82) is 0 Å². The second kappa shape index (κ2) is 8.92. The van der Waals surface area contributed by atoms with Crippen LogP contribution in [-0.2, 0) is 17.3 Å². The highest BCUT2D eigenvalue weighted by molar-refractivity contribution is 5.79. The van der Waals surface area contributed by atoms with Gasteiger partial charge in [0.15, 0.2) is 5.96 Å². The first-order valence-electron chi connectivity index (χ1n) is 8.29. The van der Waals surface area contributed by atoms with Gasteiger partial charge in [-0.15, -0.1) is 0 Å². The molecule has 0 saturated carbocycles. The third kappa shape index (κ3) is 6.03. The van der Waals surface area contributed by atoms with E-state index in [1.807, 2.05) is 6.92 Å². The number of nitrogens with one attached hydrogen (secondary N) is 2. The van der Waals surface area contributed by atoms with Crippen molar-refractivity contribution in [2.45, 2.75) is 38.5 Å². The van der Waals surface area contributed by atoms with E-state index in [-0.39, 0.29) is 6.10 Å². The molecule has 2 N–H and O–H groups in total. The number of nitrogens with zero attached hydrogens (tertiary/aromatic N) is 1. The van der Waals surface area contributed by atoms with Crippen LogP contribution in [0.3, 0.4) is 0 Å². The third-order valence-corrected chi connectivity index (χ3v) is 3.81. The Labute approximate surface area is 140 Å². The summed E-state index contributed by atoms with van der Waals surface area (Å²) in [5.41, 5.74) is 0.233. The average Bonchev–Trinajstić information content (AvgIpc) is 3.05. The second-order valence-corrected chi connectivity index (χ2v) is 5.73. The molecule has 24 heavy (non-hydrogen) atoms. The molecule has 0 bridgehead atoms. The maximum absolute atomic E-state index is 12.5. The van der Waals surface area contributed by atoms with Gasteiger partial charge < -0.3 is 15.4 Å². The minimum Gasteiger partial charge on any atom is -0.376 e. The van der Waals surface area contributed by atoms with Crippen LogP contribution in [0.5, 0.6) is 0 Å². The number of aliphatic imine (C=N–C) groups is 1. The lowest BCUT2D eigenvalue weighted by Gasteiger charge is -2.13. The van der Waals surface area contributed by atoms with Gasteiger partial charge in [0, 0.05) is 19.7 Å². The molecule has 1 atom stereocenters. The van der Waals surface area contributed by atoms with Crippen molar-refractivity contribution in [3.63, 3.8) is 0 Å². The number of ether oxygens (including phenoxy) is 1. The molecule has 134 valence electrons. The fourth-order valence-electron chi connectivity index (χ4n) is 2.51. The monoisotopic (exact) mass is 343 g/mol. The number of hydrogen-bond donors (Lipinski definition) is 2. The first-order valence-corrected chi connectivity index (χ1v) is 8.29. The number of rotatable bonds is 6. The normalized spacial score (nSPS) is 18.7. The standard InChI is InChI=1S/C17H24F3N3O/c1-2-21-16(23-12-15-4-3-11-24-15)22-10-9-13-5-7-14(8-6-13)17(18,19)20/h5-8,15H,2-4,9-12H2,1H3,(H2,21,22,23). The Morgan fingerprint density at radius 2 is 2.00 bits per heavy atom. The number of hydrogen-bond acceptors (Lipinski definition) is 2. The molecule has 2 rings (SSSR count). The molecule has 1 aromatic carbocycles. The number of guanidine groups is 1. The third-order valence-electron chi connectivity index (χ3n) is 3.81. The minimum atomic E-state index is -4.29. The summed E-state index contributed by atoms with van der Waals surface area (Å²) in [7, 11) is 0.